The highest BCUT2D eigenvalue weighted by atomic mass is 127. The molecule has 1 heterocycles. The largest absolute Gasteiger partial charge is 0.477 e. The molecule has 25 heavy (non-hydrogen) atoms. The molecule has 0 unspecified atom stereocenters. The number of anilines is 2. The van der Waals surface area contributed by atoms with Crippen LogP contribution in [0.5, 0.6) is 5.88 Å². The SMILES string of the molecule is CCCCOc1nc(N(CC)c2ccccc2I)ncc1C(F)(F)F. The molecule has 136 valence electrons. The monoisotopic (exact) mass is 465 g/mol. The van der Waals surface area contributed by atoms with Gasteiger partial charge in [0.1, 0.15) is 5.56 Å². The number of rotatable bonds is 7. The molecule has 0 atom stereocenters. The third-order valence-electron chi connectivity index (χ3n) is 3.48. The standard InChI is InChI=1S/C17H19F3IN3O/c1-3-5-10-25-15-12(17(18,19)20)11-22-16(23-15)24(4-2)14-9-7-6-8-13(14)21/h6-9,11H,3-5,10H2,1-2H3. The van der Waals surface area contributed by atoms with Crippen molar-refractivity contribution in [2.24, 2.45) is 0 Å². The van der Waals surface area contributed by atoms with E-state index < -0.39 is 17.6 Å². The van der Waals surface area contributed by atoms with E-state index in [9.17, 15) is 13.2 Å². The Morgan fingerprint density at radius 3 is 2.52 bits per heavy atom. The van der Waals surface area contributed by atoms with Crippen LogP contribution in [0, 0.1) is 3.57 Å². The first-order chi connectivity index (χ1) is 11.9. The number of hydrogen-bond acceptors (Lipinski definition) is 4. The van der Waals surface area contributed by atoms with Crippen LogP contribution in [0.1, 0.15) is 32.3 Å². The number of benzene rings is 1. The molecule has 0 bridgehead atoms. The molecule has 0 aliphatic heterocycles. The Labute approximate surface area is 158 Å². The summed E-state index contributed by atoms with van der Waals surface area (Å²) in [5.41, 5.74) is -0.115. The van der Waals surface area contributed by atoms with Gasteiger partial charge < -0.3 is 9.64 Å². The molecule has 0 N–H and O–H groups in total. The molecule has 4 nitrogen and oxygen atoms in total. The van der Waals surface area contributed by atoms with Crippen LogP contribution in [0.15, 0.2) is 30.5 Å². The van der Waals surface area contributed by atoms with Gasteiger partial charge in [-0.15, -0.1) is 0 Å². The molecule has 1 aromatic heterocycles. The highest BCUT2D eigenvalue weighted by Crippen LogP contribution is 2.36. The number of halogens is 4. The molecule has 0 saturated heterocycles. The summed E-state index contributed by atoms with van der Waals surface area (Å²) >= 11 is 2.17. The van der Waals surface area contributed by atoms with E-state index in [2.05, 4.69) is 32.6 Å². The van der Waals surface area contributed by atoms with E-state index >= 15 is 0 Å². The Kier molecular flexibility index (Phi) is 6.86. The zero-order valence-electron chi connectivity index (χ0n) is 14.0. The second-order valence-corrected chi connectivity index (χ2v) is 6.45. The maximum absolute atomic E-state index is 13.2. The van der Waals surface area contributed by atoms with Gasteiger partial charge in [0.25, 0.3) is 0 Å². The summed E-state index contributed by atoms with van der Waals surface area (Å²) in [7, 11) is 0. The Morgan fingerprint density at radius 1 is 1.20 bits per heavy atom. The van der Waals surface area contributed by atoms with Crippen molar-refractivity contribution in [1.82, 2.24) is 9.97 Å². The normalized spacial score (nSPS) is 11.4. The van der Waals surface area contributed by atoms with E-state index in [0.717, 1.165) is 21.9 Å². The van der Waals surface area contributed by atoms with Crippen molar-refractivity contribution in [2.45, 2.75) is 32.9 Å². The molecule has 8 heteroatoms. The molecular formula is C17H19F3IN3O. The summed E-state index contributed by atoms with van der Waals surface area (Å²) < 4.78 is 45.8. The third kappa shape index (κ3) is 4.96. The van der Waals surface area contributed by atoms with E-state index in [0.29, 0.717) is 13.0 Å². The predicted molar refractivity (Wildman–Crippen MR) is 99.3 cm³/mol. The van der Waals surface area contributed by atoms with Gasteiger partial charge in [0.05, 0.1) is 12.3 Å². The van der Waals surface area contributed by atoms with Gasteiger partial charge in [-0.2, -0.15) is 18.2 Å². The van der Waals surface area contributed by atoms with E-state index in [1.165, 1.54) is 0 Å². The van der Waals surface area contributed by atoms with Crippen LogP contribution in [0.2, 0.25) is 0 Å². The molecule has 0 spiro atoms. The smallest absolute Gasteiger partial charge is 0.423 e. The van der Waals surface area contributed by atoms with E-state index in [-0.39, 0.29) is 12.6 Å². The number of aromatic nitrogens is 2. The van der Waals surface area contributed by atoms with Gasteiger partial charge in [-0.05, 0) is 48.1 Å². The van der Waals surface area contributed by atoms with Crippen molar-refractivity contribution in [3.8, 4) is 5.88 Å². The average Bonchev–Trinajstić information content (AvgIpc) is 2.57. The lowest BCUT2D eigenvalue weighted by molar-refractivity contribution is -0.139. The molecule has 1 aromatic carbocycles. The number of hydrogen-bond donors (Lipinski definition) is 0. The zero-order chi connectivity index (χ0) is 18.4. The van der Waals surface area contributed by atoms with Crippen LogP contribution in [-0.4, -0.2) is 23.1 Å². The molecule has 2 aromatic rings. The predicted octanol–water partition coefficient (Wildman–Crippen LogP) is 5.44. The third-order valence-corrected chi connectivity index (χ3v) is 4.40. The van der Waals surface area contributed by atoms with Gasteiger partial charge in [-0.25, -0.2) is 4.98 Å². The van der Waals surface area contributed by atoms with Crippen LogP contribution in [0.3, 0.4) is 0 Å². The van der Waals surface area contributed by atoms with Gasteiger partial charge in [0, 0.05) is 16.3 Å². The Morgan fingerprint density at radius 2 is 1.92 bits per heavy atom. The molecule has 0 amide bonds. The lowest BCUT2D eigenvalue weighted by Crippen LogP contribution is -2.21. The van der Waals surface area contributed by atoms with Crippen LogP contribution >= 0.6 is 22.6 Å². The summed E-state index contributed by atoms with van der Waals surface area (Å²) in [5, 5.41) is 0. The fourth-order valence-corrected chi connectivity index (χ4v) is 2.87. The molecule has 0 aliphatic rings. The van der Waals surface area contributed by atoms with E-state index in [1.807, 2.05) is 38.1 Å². The van der Waals surface area contributed by atoms with Crippen LogP contribution in [0.4, 0.5) is 24.8 Å². The number of ether oxygens (including phenoxy) is 1. The minimum Gasteiger partial charge on any atom is -0.477 e. The molecule has 0 saturated carbocycles. The van der Waals surface area contributed by atoms with Gasteiger partial charge in [0.15, 0.2) is 0 Å². The van der Waals surface area contributed by atoms with Gasteiger partial charge in [-0.1, -0.05) is 25.5 Å². The van der Waals surface area contributed by atoms with Crippen molar-refractivity contribution < 1.29 is 17.9 Å². The maximum Gasteiger partial charge on any atom is 0.423 e. The Bertz CT molecular complexity index is 710. The minimum absolute atomic E-state index is 0.186. The number of nitrogens with zero attached hydrogens (tertiary/aromatic N) is 3. The maximum atomic E-state index is 13.2. The van der Waals surface area contributed by atoms with Crippen molar-refractivity contribution in [3.05, 3.63) is 39.6 Å². The summed E-state index contributed by atoms with van der Waals surface area (Å²) in [6, 6.07) is 7.56. The number of para-hydroxylation sites is 1. The lowest BCUT2D eigenvalue weighted by Gasteiger charge is -2.23. The van der Waals surface area contributed by atoms with Crippen LogP contribution in [0.25, 0.3) is 0 Å². The fraction of sp³-hybridized carbons (Fsp3) is 0.412. The molecule has 0 aliphatic carbocycles. The average molecular weight is 465 g/mol. The van der Waals surface area contributed by atoms with Gasteiger partial charge in [-0.3, -0.25) is 0 Å². The highest BCUT2D eigenvalue weighted by molar-refractivity contribution is 14.1. The van der Waals surface area contributed by atoms with Crippen molar-refractivity contribution >= 4 is 34.2 Å². The fourth-order valence-electron chi connectivity index (χ4n) is 2.20. The van der Waals surface area contributed by atoms with Crippen molar-refractivity contribution in [2.75, 3.05) is 18.1 Å². The molecular weight excluding hydrogens is 446 g/mol. The molecule has 0 fully saturated rings. The first-order valence-electron chi connectivity index (χ1n) is 7.97. The minimum atomic E-state index is -4.56. The summed E-state index contributed by atoms with van der Waals surface area (Å²) in [6.45, 7) is 4.53. The second kappa shape index (κ2) is 8.68. The van der Waals surface area contributed by atoms with Crippen LogP contribution < -0.4 is 9.64 Å². The lowest BCUT2D eigenvalue weighted by atomic mass is 10.3. The molecule has 0 radical (unpaired) electrons. The topological polar surface area (TPSA) is 38.2 Å². The van der Waals surface area contributed by atoms with Crippen molar-refractivity contribution in [3.63, 3.8) is 0 Å². The van der Waals surface area contributed by atoms with Crippen LogP contribution in [-0.2, 0) is 6.18 Å². The Hall–Kier alpha value is -1.58. The van der Waals surface area contributed by atoms with E-state index in [4.69, 9.17) is 4.74 Å². The summed E-state index contributed by atoms with van der Waals surface area (Å²) in [6.07, 6.45) is -2.28. The summed E-state index contributed by atoms with van der Waals surface area (Å²) in [5.74, 6) is -0.235. The van der Waals surface area contributed by atoms with Crippen molar-refractivity contribution in [1.29, 1.82) is 0 Å². The second-order valence-electron chi connectivity index (χ2n) is 5.28. The summed E-state index contributed by atoms with van der Waals surface area (Å²) in [4.78, 5) is 9.76. The van der Waals surface area contributed by atoms with Gasteiger partial charge >= 0.3 is 6.18 Å². The highest BCUT2D eigenvalue weighted by Gasteiger charge is 2.36. The first-order valence-corrected chi connectivity index (χ1v) is 9.05. The van der Waals surface area contributed by atoms with Gasteiger partial charge in [0.2, 0.25) is 11.8 Å². The van der Waals surface area contributed by atoms with E-state index in [1.54, 1.807) is 4.90 Å². The number of unbranched alkanes of at least 4 members (excludes halogenated alkanes) is 1. The Balaban J connectivity index is 2.43. The number of alkyl halides is 3. The first kappa shape index (κ1) is 19.7. The quantitative estimate of drug-likeness (QED) is 0.404. The molecule has 2 rings (SSSR count). The zero-order valence-corrected chi connectivity index (χ0v) is 16.1.